The maximum Gasteiger partial charge on any atom is 0.324 e. The van der Waals surface area contributed by atoms with Crippen molar-refractivity contribution in [2.24, 2.45) is 17.8 Å². The Hall–Kier alpha value is -3.10. The number of esters is 1. The van der Waals surface area contributed by atoms with Crippen LogP contribution in [0.1, 0.15) is 100 Å². The van der Waals surface area contributed by atoms with E-state index in [-0.39, 0.29) is 42.0 Å². The van der Waals surface area contributed by atoms with Crippen LogP contribution in [-0.2, 0) is 39.8 Å². The van der Waals surface area contributed by atoms with Crippen molar-refractivity contribution in [2.75, 3.05) is 34.9 Å². The van der Waals surface area contributed by atoms with Crippen LogP contribution in [0.4, 0.5) is 0 Å². The summed E-state index contributed by atoms with van der Waals surface area (Å²) in [6.45, 7) is 19.2. The monoisotopic (exact) mass is 776 g/mol. The number of nitrogens with one attached hydrogen (secondary N) is 3. The summed E-state index contributed by atoms with van der Waals surface area (Å²) >= 11 is 0. The van der Waals surface area contributed by atoms with Crippen LogP contribution in [0.25, 0.3) is 0 Å². The van der Waals surface area contributed by atoms with Gasteiger partial charge in [0, 0.05) is 33.7 Å². The first-order valence-electron chi connectivity index (χ1n) is 20.0. The quantitative estimate of drug-likeness (QED) is 0.107. The molecule has 0 saturated carbocycles. The molecule has 4 N–H and O–H groups in total. The highest BCUT2D eigenvalue weighted by molar-refractivity contribution is 5.92. The minimum Gasteiger partial charge on any atom is -0.459 e. The predicted octanol–water partition coefficient (Wildman–Crippen LogP) is 3.91. The summed E-state index contributed by atoms with van der Waals surface area (Å²) in [5, 5.41) is 20.6. The van der Waals surface area contributed by atoms with Gasteiger partial charge in [0.25, 0.3) is 0 Å². The lowest BCUT2D eigenvalue weighted by Gasteiger charge is -2.41. The molecule has 1 heterocycles. The molecule has 0 aliphatic carbocycles. The maximum absolute atomic E-state index is 14.3. The van der Waals surface area contributed by atoms with Gasteiger partial charge in [0.05, 0.1) is 36.3 Å². The normalized spacial score (nSPS) is 19.5. The molecule has 3 amide bonds. The Morgan fingerprint density at radius 3 is 2.13 bits per heavy atom. The Morgan fingerprint density at radius 2 is 1.62 bits per heavy atom. The van der Waals surface area contributed by atoms with Gasteiger partial charge in [-0.25, -0.2) is 0 Å². The van der Waals surface area contributed by atoms with Crippen LogP contribution in [0.5, 0.6) is 0 Å². The van der Waals surface area contributed by atoms with E-state index in [9.17, 15) is 24.3 Å². The van der Waals surface area contributed by atoms with Crippen LogP contribution in [0.2, 0.25) is 0 Å². The van der Waals surface area contributed by atoms with Crippen molar-refractivity contribution in [2.45, 2.75) is 155 Å². The van der Waals surface area contributed by atoms with Crippen LogP contribution < -0.4 is 16.0 Å². The standard InChI is InChI=1S/C42H73N5O8/c1-15-27(4)35(46(12)38(50)34(26(2)3)45-40(52)42(9,10)43-11)32(53-13)25-33(48)47-23-19-22-31(47)36(54-14)28(5)37(49)44-30(39(51)55-41(6,7)8)24-29-20-17-16-18-21-29/h16-18,20-21,26-28,30-32,34-37,43-44,49H,15,19,22-25H2,1-14H3,(H,45,52)/t27-,28+,30-,31-,32+,34-,35-,36+,37?/m0/s1. The first-order chi connectivity index (χ1) is 25.6. The number of amides is 3. The van der Waals surface area contributed by atoms with Crippen molar-refractivity contribution in [1.82, 2.24) is 25.8 Å². The molecular weight excluding hydrogens is 702 g/mol. The minimum atomic E-state index is -1.15. The summed E-state index contributed by atoms with van der Waals surface area (Å²) < 4.78 is 17.8. The van der Waals surface area contributed by atoms with Crippen molar-refractivity contribution in [3.05, 3.63) is 35.9 Å². The molecular formula is C42H73N5O8. The third-order valence-electron chi connectivity index (χ3n) is 11.1. The molecule has 55 heavy (non-hydrogen) atoms. The van der Waals surface area contributed by atoms with E-state index < -0.39 is 59.6 Å². The molecule has 13 heteroatoms. The van der Waals surface area contributed by atoms with Crippen molar-refractivity contribution < 1.29 is 38.5 Å². The highest BCUT2D eigenvalue weighted by atomic mass is 16.6. The summed E-state index contributed by atoms with van der Waals surface area (Å²) in [4.78, 5) is 58.3. The Kier molecular flexibility index (Phi) is 18.7. The van der Waals surface area contributed by atoms with Gasteiger partial charge in [-0.05, 0) is 78.3 Å². The van der Waals surface area contributed by atoms with Gasteiger partial charge in [-0.15, -0.1) is 0 Å². The number of nitrogens with zero attached hydrogens (tertiary/aromatic N) is 2. The van der Waals surface area contributed by atoms with E-state index in [1.54, 1.807) is 67.8 Å². The molecule has 1 aromatic carbocycles. The van der Waals surface area contributed by atoms with Crippen molar-refractivity contribution in [3.63, 3.8) is 0 Å². The van der Waals surface area contributed by atoms with E-state index >= 15 is 0 Å². The third-order valence-corrected chi connectivity index (χ3v) is 11.1. The average Bonchev–Trinajstić information content (AvgIpc) is 3.62. The number of methoxy groups -OCH3 is 2. The number of hydrogen-bond acceptors (Lipinski definition) is 10. The Bertz CT molecular complexity index is 1370. The fourth-order valence-corrected chi connectivity index (χ4v) is 7.32. The maximum atomic E-state index is 14.3. The van der Waals surface area contributed by atoms with E-state index in [4.69, 9.17) is 14.2 Å². The van der Waals surface area contributed by atoms with Crippen LogP contribution in [0.15, 0.2) is 30.3 Å². The van der Waals surface area contributed by atoms with E-state index in [0.717, 1.165) is 18.4 Å². The molecule has 1 aliphatic heterocycles. The number of carbonyl (C=O) groups is 4. The number of aliphatic hydroxyl groups excluding tert-OH is 1. The number of hydrogen-bond donors (Lipinski definition) is 4. The lowest BCUT2D eigenvalue weighted by molar-refractivity contribution is -0.159. The molecule has 13 nitrogen and oxygen atoms in total. The van der Waals surface area contributed by atoms with E-state index in [2.05, 4.69) is 16.0 Å². The van der Waals surface area contributed by atoms with Crippen molar-refractivity contribution in [1.29, 1.82) is 0 Å². The second kappa shape index (κ2) is 21.4. The fourth-order valence-electron chi connectivity index (χ4n) is 7.32. The third kappa shape index (κ3) is 13.5. The molecule has 0 aromatic heterocycles. The highest BCUT2D eigenvalue weighted by Gasteiger charge is 2.43. The van der Waals surface area contributed by atoms with Crippen LogP contribution in [0, 0.1) is 17.8 Å². The molecule has 1 saturated heterocycles. The van der Waals surface area contributed by atoms with Crippen molar-refractivity contribution >= 4 is 23.7 Å². The largest absolute Gasteiger partial charge is 0.459 e. The summed E-state index contributed by atoms with van der Waals surface area (Å²) in [6, 6.07) is 7.16. The lowest BCUT2D eigenvalue weighted by atomic mass is 9.89. The van der Waals surface area contributed by atoms with Gasteiger partial charge in [-0.3, -0.25) is 24.5 Å². The Morgan fingerprint density at radius 1 is 1.00 bits per heavy atom. The second-order valence-electron chi connectivity index (χ2n) is 17.1. The van der Waals surface area contributed by atoms with E-state index in [1.165, 1.54) is 0 Å². The number of aliphatic hydroxyl groups is 1. The molecule has 0 bridgehead atoms. The summed E-state index contributed by atoms with van der Waals surface area (Å²) in [5.41, 5.74) is -0.670. The zero-order valence-electron chi connectivity index (χ0n) is 36.1. The zero-order valence-corrected chi connectivity index (χ0v) is 36.1. The van der Waals surface area contributed by atoms with Crippen molar-refractivity contribution in [3.8, 4) is 0 Å². The molecule has 9 atom stereocenters. The lowest BCUT2D eigenvalue weighted by Crippen LogP contribution is -2.61. The fraction of sp³-hybridized carbons (Fsp3) is 0.762. The molecule has 314 valence electrons. The molecule has 1 fully saturated rings. The SMILES string of the molecule is CC[C@H](C)[C@@H]([C@@H](CC(=O)N1CCC[C@H]1[C@H](OC)[C@@H](C)C(O)N[C@@H](Cc1ccccc1)C(=O)OC(C)(C)C)OC)N(C)C(=O)[C@@H](NC(=O)C(C)(C)NC)C(C)C. The van der Waals surface area contributed by atoms with Gasteiger partial charge >= 0.3 is 5.97 Å². The second-order valence-corrected chi connectivity index (χ2v) is 17.1. The van der Waals surface area contributed by atoms with Gasteiger partial charge in [0.2, 0.25) is 17.7 Å². The smallest absolute Gasteiger partial charge is 0.324 e. The zero-order chi connectivity index (χ0) is 41.8. The molecule has 2 rings (SSSR count). The molecule has 0 spiro atoms. The highest BCUT2D eigenvalue weighted by Crippen LogP contribution is 2.30. The van der Waals surface area contributed by atoms with Gasteiger partial charge in [0.15, 0.2) is 0 Å². The van der Waals surface area contributed by atoms with Gasteiger partial charge in [-0.2, -0.15) is 0 Å². The van der Waals surface area contributed by atoms with E-state index in [1.807, 2.05) is 69.9 Å². The summed E-state index contributed by atoms with van der Waals surface area (Å²) in [5.74, 6) is -1.88. The number of carbonyl (C=O) groups excluding carboxylic acids is 4. The molecule has 1 aliphatic rings. The number of likely N-dealkylation sites (N-methyl/N-ethyl adjacent to an activating group) is 2. The summed E-state index contributed by atoms with van der Waals surface area (Å²) in [7, 11) is 6.55. The van der Waals surface area contributed by atoms with E-state index in [0.29, 0.717) is 19.4 Å². The first-order valence-corrected chi connectivity index (χ1v) is 20.0. The van der Waals surface area contributed by atoms with Crippen LogP contribution >= 0.6 is 0 Å². The van der Waals surface area contributed by atoms with Crippen LogP contribution in [0.3, 0.4) is 0 Å². The number of benzene rings is 1. The molecule has 1 unspecified atom stereocenters. The average molecular weight is 776 g/mol. The van der Waals surface area contributed by atoms with Gasteiger partial charge < -0.3 is 39.8 Å². The topological polar surface area (TPSA) is 159 Å². The minimum absolute atomic E-state index is 0.0224. The van der Waals surface area contributed by atoms with Gasteiger partial charge in [-0.1, -0.05) is 71.4 Å². The first kappa shape index (κ1) is 48.0. The van der Waals surface area contributed by atoms with Gasteiger partial charge in [0.1, 0.15) is 23.9 Å². The molecule has 0 radical (unpaired) electrons. The Labute approximate surface area is 331 Å². The number of rotatable bonds is 21. The molecule has 1 aromatic rings. The summed E-state index contributed by atoms with van der Waals surface area (Å²) in [6.07, 6.45) is 0.153. The predicted molar refractivity (Wildman–Crippen MR) is 215 cm³/mol. The Balaban J connectivity index is 2.30. The van der Waals surface area contributed by atoms with Crippen LogP contribution in [-0.4, -0.2) is 127 Å². The number of likely N-dealkylation sites (tertiary alicyclic amines) is 1. The number of ether oxygens (including phenoxy) is 3.